The van der Waals surface area contributed by atoms with E-state index in [1.54, 1.807) is 6.20 Å². The van der Waals surface area contributed by atoms with Gasteiger partial charge in [-0.15, -0.1) is 0 Å². The first-order chi connectivity index (χ1) is 10.1. The Hall–Kier alpha value is -2.20. The van der Waals surface area contributed by atoms with Crippen LogP contribution in [0.3, 0.4) is 0 Å². The molecule has 0 unspecified atom stereocenters. The van der Waals surface area contributed by atoms with E-state index in [9.17, 15) is 4.79 Å². The van der Waals surface area contributed by atoms with Crippen molar-refractivity contribution in [2.45, 2.75) is 32.4 Å². The minimum Gasteiger partial charge on any atom is -0.346 e. The van der Waals surface area contributed by atoms with Crippen LogP contribution in [0.1, 0.15) is 38.8 Å². The highest BCUT2D eigenvalue weighted by Crippen LogP contribution is 2.29. The first-order valence-corrected chi connectivity index (χ1v) is 7.14. The SMILES string of the molecule is Cc1cnc(C(=O)N[C@@H]2Cc3ccccc3[C@H]2N)c(C)c1. The summed E-state index contributed by atoms with van der Waals surface area (Å²) in [6.07, 6.45) is 2.49. The van der Waals surface area contributed by atoms with E-state index in [4.69, 9.17) is 5.73 Å². The van der Waals surface area contributed by atoms with Gasteiger partial charge in [0.2, 0.25) is 0 Å². The second kappa shape index (κ2) is 5.30. The molecule has 3 rings (SSSR count). The fourth-order valence-corrected chi connectivity index (χ4v) is 2.96. The lowest BCUT2D eigenvalue weighted by Gasteiger charge is -2.18. The summed E-state index contributed by atoms with van der Waals surface area (Å²) < 4.78 is 0. The summed E-state index contributed by atoms with van der Waals surface area (Å²) in [6, 6.07) is 9.81. The molecule has 1 aliphatic rings. The number of hydrogen-bond acceptors (Lipinski definition) is 3. The predicted molar refractivity (Wildman–Crippen MR) is 82.0 cm³/mol. The average Bonchev–Trinajstić information content (AvgIpc) is 2.76. The molecule has 0 aliphatic heterocycles. The highest BCUT2D eigenvalue weighted by molar-refractivity contribution is 5.94. The average molecular weight is 281 g/mol. The minimum atomic E-state index is -0.157. The van der Waals surface area contributed by atoms with Crippen LogP contribution in [0.25, 0.3) is 0 Å². The van der Waals surface area contributed by atoms with E-state index in [1.807, 2.05) is 38.1 Å². The van der Waals surface area contributed by atoms with E-state index in [0.717, 1.165) is 23.1 Å². The van der Waals surface area contributed by atoms with E-state index < -0.39 is 0 Å². The van der Waals surface area contributed by atoms with Gasteiger partial charge in [-0.25, -0.2) is 0 Å². The van der Waals surface area contributed by atoms with Crippen LogP contribution in [-0.4, -0.2) is 16.9 Å². The van der Waals surface area contributed by atoms with Crippen molar-refractivity contribution in [1.82, 2.24) is 10.3 Å². The van der Waals surface area contributed by atoms with Gasteiger partial charge in [0.1, 0.15) is 5.69 Å². The molecule has 21 heavy (non-hydrogen) atoms. The molecule has 0 spiro atoms. The standard InChI is InChI=1S/C17H19N3O/c1-10-7-11(2)16(19-9-10)17(21)20-14-8-12-5-3-4-6-13(12)15(14)18/h3-7,9,14-15H,8,18H2,1-2H3,(H,20,21)/t14-,15-/m1/s1. The zero-order valence-electron chi connectivity index (χ0n) is 12.3. The molecule has 0 bridgehead atoms. The largest absolute Gasteiger partial charge is 0.346 e. The van der Waals surface area contributed by atoms with Gasteiger partial charge in [0.25, 0.3) is 5.91 Å². The zero-order chi connectivity index (χ0) is 15.0. The van der Waals surface area contributed by atoms with Crippen LogP contribution in [0.2, 0.25) is 0 Å². The molecule has 1 amide bonds. The number of aromatic nitrogens is 1. The Morgan fingerprint density at radius 2 is 2.10 bits per heavy atom. The Labute approximate surface area is 124 Å². The van der Waals surface area contributed by atoms with E-state index in [1.165, 1.54) is 5.56 Å². The first kappa shape index (κ1) is 13.8. The molecule has 0 saturated carbocycles. The van der Waals surface area contributed by atoms with Crippen molar-refractivity contribution in [1.29, 1.82) is 0 Å². The highest BCUT2D eigenvalue weighted by Gasteiger charge is 2.31. The highest BCUT2D eigenvalue weighted by atomic mass is 16.2. The number of pyridine rings is 1. The second-order valence-corrected chi connectivity index (χ2v) is 5.69. The molecular weight excluding hydrogens is 262 g/mol. The molecule has 4 heteroatoms. The van der Waals surface area contributed by atoms with Gasteiger partial charge in [-0.1, -0.05) is 30.3 Å². The molecule has 2 atom stereocenters. The third-order valence-corrected chi connectivity index (χ3v) is 4.03. The summed E-state index contributed by atoms with van der Waals surface area (Å²) in [6.45, 7) is 3.86. The van der Waals surface area contributed by atoms with Crippen LogP contribution in [0.5, 0.6) is 0 Å². The molecule has 1 aliphatic carbocycles. The quantitative estimate of drug-likeness (QED) is 0.885. The van der Waals surface area contributed by atoms with Gasteiger partial charge >= 0.3 is 0 Å². The molecule has 0 saturated heterocycles. The smallest absolute Gasteiger partial charge is 0.270 e. The number of nitrogens with one attached hydrogen (secondary N) is 1. The summed E-state index contributed by atoms with van der Waals surface area (Å²) in [5.41, 5.74) is 11.0. The van der Waals surface area contributed by atoms with Gasteiger partial charge in [-0.05, 0) is 42.5 Å². The topological polar surface area (TPSA) is 68.0 Å². The number of aryl methyl sites for hydroxylation is 2. The van der Waals surface area contributed by atoms with E-state index in [2.05, 4.69) is 16.4 Å². The van der Waals surface area contributed by atoms with E-state index >= 15 is 0 Å². The van der Waals surface area contributed by atoms with Gasteiger partial charge < -0.3 is 11.1 Å². The fourth-order valence-electron chi connectivity index (χ4n) is 2.96. The number of nitrogens with two attached hydrogens (primary N) is 1. The summed E-state index contributed by atoms with van der Waals surface area (Å²) in [5.74, 6) is -0.152. The van der Waals surface area contributed by atoms with Crippen LogP contribution < -0.4 is 11.1 Å². The second-order valence-electron chi connectivity index (χ2n) is 5.69. The number of carbonyl (C=O) groups excluding carboxylic acids is 1. The fraction of sp³-hybridized carbons (Fsp3) is 0.294. The predicted octanol–water partition coefficient (Wildman–Crippen LogP) is 2.05. The molecule has 108 valence electrons. The zero-order valence-corrected chi connectivity index (χ0v) is 12.3. The van der Waals surface area contributed by atoms with Gasteiger partial charge in [0.15, 0.2) is 0 Å². The Morgan fingerprint density at radius 3 is 2.81 bits per heavy atom. The van der Waals surface area contributed by atoms with E-state index in [0.29, 0.717) is 5.69 Å². The summed E-state index contributed by atoms with van der Waals surface area (Å²) in [5, 5.41) is 3.03. The molecule has 3 N–H and O–H groups in total. The Bertz CT molecular complexity index is 696. The lowest BCUT2D eigenvalue weighted by molar-refractivity contribution is 0.0927. The minimum absolute atomic E-state index is 0.0718. The van der Waals surface area contributed by atoms with Crippen molar-refractivity contribution in [2.75, 3.05) is 0 Å². The van der Waals surface area contributed by atoms with Crippen LogP contribution >= 0.6 is 0 Å². The third-order valence-electron chi connectivity index (χ3n) is 4.03. The molecule has 0 radical (unpaired) electrons. The normalized spacial score (nSPS) is 20.1. The molecule has 0 fully saturated rings. The van der Waals surface area contributed by atoms with Crippen molar-refractivity contribution in [2.24, 2.45) is 5.73 Å². The molecule has 2 aromatic rings. The summed E-state index contributed by atoms with van der Waals surface area (Å²) >= 11 is 0. The lowest BCUT2D eigenvalue weighted by Crippen LogP contribution is -2.41. The number of rotatable bonds is 2. The summed E-state index contributed by atoms with van der Waals surface area (Å²) in [7, 11) is 0. The van der Waals surface area contributed by atoms with Crippen molar-refractivity contribution in [3.8, 4) is 0 Å². The van der Waals surface area contributed by atoms with Crippen LogP contribution in [0.15, 0.2) is 36.5 Å². The number of amides is 1. The van der Waals surface area contributed by atoms with Gasteiger partial charge in [0.05, 0.1) is 12.1 Å². The Kier molecular flexibility index (Phi) is 3.47. The van der Waals surface area contributed by atoms with Crippen molar-refractivity contribution in [3.63, 3.8) is 0 Å². The maximum Gasteiger partial charge on any atom is 0.270 e. The number of hydrogen-bond donors (Lipinski definition) is 2. The third kappa shape index (κ3) is 2.54. The monoisotopic (exact) mass is 281 g/mol. The molecule has 1 aromatic heterocycles. The number of nitrogens with zero attached hydrogens (tertiary/aromatic N) is 1. The van der Waals surface area contributed by atoms with Gasteiger partial charge in [0, 0.05) is 6.20 Å². The van der Waals surface area contributed by atoms with Crippen molar-refractivity contribution in [3.05, 3.63) is 64.5 Å². The van der Waals surface area contributed by atoms with Gasteiger partial charge in [-0.2, -0.15) is 0 Å². The van der Waals surface area contributed by atoms with Crippen LogP contribution in [-0.2, 0) is 6.42 Å². The van der Waals surface area contributed by atoms with Crippen molar-refractivity contribution >= 4 is 5.91 Å². The number of fused-ring (bicyclic) bond motifs is 1. The number of benzene rings is 1. The number of carbonyl (C=O) groups is 1. The van der Waals surface area contributed by atoms with Gasteiger partial charge in [-0.3, -0.25) is 9.78 Å². The van der Waals surface area contributed by atoms with Crippen LogP contribution in [0, 0.1) is 13.8 Å². The first-order valence-electron chi connectivity index (χ1n) is 7.14. The Morgan fingerprint density at radius 1 is 1.33 bits per heavy atom. The molecule has 4 nitrogen and oxygen atoms in total. The summed E-state index contributed by atoms with van der Waals surface area (Å²) in [4.78, 5) is 16.6. The molecular formula is C17H19N3O. The maximum atomic E-state index is 12.4. The Balaban J connectivity index is 1.78. The van der Waals surface area contributed by atoms with E-state index in [-0.39, 0.29) is 18.0 Å². The molecule has 1 heterocycles. The maximum absolute atomic E-state index is 12.4. The van der Waals surface area contributed by atoms with Crippen molar-refractivity contribution < 1.29 is 4.79 Å². The lowest BCUT2D eigenvalue weighted by atomic mass is 10.1. The molecule has 1 aromatic carbocycles. The van der Waals surface area contributed by atoms with Crippen LogP contribution in [0.4, 0.5) is 0 Å².